The van der Waals surface area contributed by atoms with Crippen molar-refractivity contribution in [3.8, 4) is 0 Å². The van der Waals surface area contributed by atoms with Crippen LogP contribution in [0, 0.1) is 0 Å². The molecule has 1 saturated heterocycles. The van der Waals surface area contributed by atoms with Crippen molar-refractivity contribution in [3.63, 3.8) is 0 Å². The Bertz CT molecular complexity index is 985. The second-order valence-corrected chi connectivity index (χ2v) is 9.85. The van der Waals surface area contributed by atoms with E-state index < -0.39 is 35.9 Å². The van der Waals surface area contributed by atoms with Crippen molar-refractivity contribution in [1.82, 2.24) is 20.4 Å². The lowest BCUT2D eigenvalue weighted by Crippen LogP contribution is -2.57. The van der Waals surface area contributed by atoms with Crippen LogP contribution < -0.4 is 10.6 Å². The molecule has 35 heavy (non-hydrogen) atoms. The Labute approximate surface area is 209 Å². The van der Waals surface area contributed by atoms with Crippen LogP contribution >= 0.6 is 11.8 Å². The zero-order valence-corrected chi connectivity index (χ0v) is 21.1. The summed E-state index contributed by atoms with van der Waals surface area (Å²) < 4.78 is 5.42. The van der Waals surface area contributed by atoms with Crippen molar-refractivity contribution in [1.29, 1.82) is 0 Å². The van der Waals surface area contributed by atoms with Crippen molar-refractivity contribution >= 4 is 41.4 Å². The second kappa shape index (κ2) is 12.1. The number of hydrogen-bond acceptors (Lipinski definition) is 7. The fraction of sp³-hybridized carbons (Fsp3) is 0.542. The van der Waals surface area contributed by atoms with Gasteiger partial charge in [-0.25, -0.2) is 4.79 Å². The average molecular weight is 505 g/mol. The van der Waals surface area contributed by atoms with Crippen molar-refractivity contribution in [3.05, 3.63) is 35.4 Å². The minimum atomic E-state index is -1.04. The van der Waals surface area contributed by atoms with Gasteiger partial charge in [-0.2, -0.15) is 11.8 Å². The summed E-state index contributed by atoms with van der Waals surface area (Å²) in [7, 11) is 3.22. The molecule has 2 heterocycles. The molecule has 0 spiro atoms. The van der Waals surface area contributed by atoms with Gasteiger partial charge in [-0.05, 0) is 24.5 Å². The predicted molar refractivity (Wildman–Crippen MR) is 130 cm³/mol. The van der Waals surface area contributed by atoms with Crippen molar-refractivity contribution in [2.24, 2.45) is 0 Å². The first-order valence-corrected chi connectivity index (χ1v) is 12.8. The highest BCUT2D eigenvalue weighted by Gasteiger charge is 2.35. The van der Waals surface area contributed by atoms with Crippen LogP contribution in [0.15, 0.2) is 24.3 Å². The number of likely N-dealkylation sites (tertiary alicyclic amines) is 1. The number of cyclic esters (lactones) is 1. The van der Waals surface area contributed by atoms with Crippen LogP contribution in [-0.2, 0) is 29.7 Å². The SMILES string of the molecule is CC(=O)N1CCC[C@H]1C(=O)N[C@@H]1CCOC(=O)c2ccccc2CSC[C@H](C(=O)N(C)C)NC1=O. The Morgan fingerprint density at radius 3 is 2.63 bits per heavy atom. The maximum absolute atomic E-state index is 13.2. The van der Waals surface area contributed by atoms with Gasteiger partial charge in [0.25, 0.3) is 0 Å². The number of nitrogens with zero attached hydrogens (tertiary/aromatic N) is 2. The van der Waals surface area contributed by atoms with Crippen LogP contribution in [-0.4, -0.2) is 90.5 Å². The molecule has 0 aromatic heterocycles. The van der Waals surface area contributed by atoms with Crippen LogP contribution in [0.2, 0.25) is 0 Å². The number of carbonyl (C=O) groups excluding carboxylic acids is 5. The minimum Gasteiger partial charge on any atom is -0.462 e. The number of rotatable bonds is 3. The molecular formula is C24H32N4O6S. The van der Waals surface area contributed by atoms with Crippen LogP contribution in [0.4, 0.5) is 0 Å². The lowest BCUT2D eigenvalue weighted by atomic mass is 10.1. The molecule has 0 saturated carbocycles. The van der Waals surface area contributed by atoms with Crippen molar-refractivity contribution < 1.29 is 28.7 Å². The summed E-state index contributed by atoms with van der Waals surface area (Å²) in [5, 5.41) is 5.48. The van der Waals surface area contributed by atoms with Gasteiger partial charge in [0.2, 0.25) is 23.6 Å². The molecule has 3 atom stereocenters. The number of likely N-dealkylation sites (N-methyl/N-ethyl adjacent to an activating group) is 1. The van der Waals surface area contributed by atoms with E-state index in [-0.39, 0.29) is 30.6 Å². The first-order valence-electron chi connectivity index (χ1n) is 11.6. The maximum atomic E-state index is 13.2. The van der Waals surface area contributed by atoms with E-state index in [0.717, 1.165) is 5.56 Å². The summed E-state index contributed by atoms with van der Waals surface area (Å²) in [6, 6.07) is 4.57. The standard InChI is InChI=1S/C24H32N4O6S/c1-15(29)28-11-6-9-20(28)22(31)25-18-10-12-34-24(33)17-8-5-4-7-16(17)13-35-14-19(26-21(18)30)23(32)27(2)3/h4-5,7-8,18-20H,6,9-14H2,1-3H3,(H,25,31)(H,26,30)/t18-,19-,20+/m1/s1. The lowest BCUT2D eigenvalue weighted by Gasteiger charge is -2.27. The summed E-state index contributed by atoms with van der Waals surface area (Å²) in [6.45, 7) is 1.79. The Balaban J connectivity index is 1.82. The Morgan fingerprint density at radius 1 is 1.17 bits per heavy atom. The van der Waals surface area contributed by atoms with E-state index in [4.69, 9.17) is 4.74 Å². The van der Waals surface area contributed by atoms with E-state index in [2.05, 4.69) is 10.6 Å². The van der Waals surface area contributed by atoms with E-state index in [0.29, 0.717) is 30.7 Å². The molecule has 190 valence electrons. The van der Waals surface area contributed by atoms with E-state index >= 15 is 0 Å². The minimum absolute atomic E-state index is 0.0221. The van der Waals surface area contributed by atoms with Gasteiger partial charge in [-0.1, -0.05) is 18.2 Å². The van der Waals surface area contributed by atoms with E-state index in [1.165, 1.54) is 28.5 Å². The first-order chi connectivity index (χ1) is 16.7. The van der Waals surface area contributed by atoms with Crippen LogP contribution in [0.3, 0.4) is 0 Å². The van der Waals surface area contributed by atoms with Gasteiger partial charge in [-0.15, -0.1) is 0 Å². The van der Waals surface area contributed by atoms with E-state index in [9.17, 15) is 24.0 Å². The van der Waals surface area contributed by atoms with Crippen molar-refractivity contribution in [2.45, 2.75) is 50.1 Å². The largest absolute Gasteiger partial charge is 0.462 e. The molecule has 3 rings (SSSR count). The monoisotopic (exact) mass is 504 g/mol. The molecule has 1 aromatic rings. The maximum Gasteiger partial charge on any atom is 0.338 e. The van der Waals surface area contributed by atoms with Crippen LogP contribution in [0.25, 0.3) is 0 Å². The van der Waals surface area contributed by atoms with Crippen molar-refractivity contribution in [2.75, 3.05) is 33.0 Å². The fourth-order valence-corrected chi connectivity index (χ4v) is 5.24. The lowest BCUT2D eigenvalue weighted by molar-refractivity contribution is -0.139. The molecule has 0 bridgehead atoms. The number of esters is 1. The third-order valence-electron chi connectivity index (χ3n) is 6.07. The number of amides is 4. The zero-order chi connectivity index (χ0) is 25.5. The summed E-state index contributed by atoms with van der Waals surface area (Å²) in [6.07, 6.45) is 1.22. The molecular weight excluding hydrogens is 472 g/mol. The molecule has 0 radical (unpaired) electrons. The molecule has 2 aliphatic heterocycles. The summed E-state index contributed by atoms with van der Waals surface area (Å²) in [4.78, 5) is 66.4. The summed E-state index contributed by atoms with van der Waals surface area (Å²) >= 11 is 1.41. The summed E-state index contributed by atoms with van der Waals surface area (Å²) in [5.41, 5.74) is 1.21. The van der Waals surface area contributed by atoms with Gasteiger partial charge >= 0.3 is 5.97 Å². The van der Waals surface area contributed by atoms with Gasteiger partial charge in [0.15, 0.2) is 0 Å². The Hall–Kier alpha value is -3.08. The number of carbonyl (C=O) groups is 5. The van der Waals surface area contributed by atoms with Gasteiger partial charge < -0.3 is 25.2 Å². The molecule has 4 amide bonds. The first kappa shape index (κ1) is 26.5. The molecule has 1 fully saturated rings. The molecule has 10 nitrogen and oxygen atoms in total. The molecule has 2 aliphatic rings. The topological polar surface area (TPSA) is 125 Å². The van der Waals surface area contributed by atoms with Gasteiger partial charge in [0.1, 0.15) is 18.1 Å². The predicted octanol–water partition coefficient (Wildman–Crippen LogP) is 0.549. The van der Waals surface area contributed by atoms with E-state index in [1.807, 2.05) is 12.1 Å². The fourth-order valence-electron chi connectivity index (χ4n) is 4.19. The molecule has 1 aromatic carbocycles. The van der Waals surface area contributed by atoms with Gasteiger partial charge in [-0.3, -0.25) is 19.2 Å². The Morgan fingerprint density at radius 2 is 1.91 bits per heavy atom. The normalized spacial score (nSPS) is 23.5. The number of ether oxygens (including phenoxy) is 1. The third-order valence-corrected chi connectivity index (χ3v) is 7.15. The van der Waals surface area contributed by atoms with Crippen LogP contribution in [0.1, 0.15) is 42.1 Å². The van der Waals surface area contributed by atoms with Gasteiger partial charge in [0, 0.05) is 45.5 Å². The highest BCUT2D eigenvalue weighted by atomic mass is 32.2. The molecule has 0 aliphatic carbocycles. The second-order valence-electron chi connectivity index (χ2n) is 8.82. The number of fused-ring (bicyclic) bond motifs is 1. The van der Waals surface area contributed by atoms with Gasteiger partial charge in [0.05, 0.1) is 12.2 Å². The highest BCUT2D eigenvalue weighted by Crippen LogP contribution is 2.20. The highest BCUT2D eigenvalue weighted by molar-refractivity contribution is 7.98. The molecule has 2 N–H and O–H groups in total. The summed E-state index contributed by atoms with van der Waals surface area (Å²) in [5.74, 6) is -1.23. The zero-order valence-electron chi connectivity index (χ0n) is 20.2. The Kier molecular flexibility index (Phi) is 9.13. The number of hydrogen-bond donors (Lipinski definition) is 2. The smallest absolute Gasteiger partial charge is 0.338 e. The quantitative estimate of drug-likeness (QED) is 0.576. The van der Waals surface area contributed by atoms with Crippen LogP contribution in [0.5, 0.6) is 0 Å². The van der Waals surface area contributed by atoms with E-state index in [1.54, 1.807) is 26.2 Å². The molecule has 0 unspecified atom stereocenters. The average Bonchev–Trinajstić information content (AvgIpc) is 3.32. The number of nitrogens with one attached hydrogen (secondary N) is 2. The number of benzene rings is 1. The number of thioether (sulfide) groups is 1. The molecule has 11 heteroatoms. The third kappa shape index (κ3) is 6.74.